The van der Waals surface area contributed by atoms with Gasteiger partial charge in [-0.15, -0.1) is 0 Å². The van der Waals surface area contributed by atoms with Crippen molar-refractivity contribution in [3.05, 3.63) is 0 Å². The summed E-state index contributed by atoms with van der Waals surface area (Å²) in [5.41, 5.74) is 0. The number of carboxylic acid groups (broad SMARTS) is 2. The SMILES string of the molecule is O=C(O)O.OC[C@@H](O)[C@@H](O)[C@H](O)[C@@H](O)CO. The number of aliphatic hydroxyl groups is 6. The molecule has 16 heavy (non-hydrogen) atoms. The molecule has 0 radical (unpaired) electrons. The molecule has 0 aromatic rings. The van der Waals surface area contributed by atoms with Crippen molar-refractivity contribution >= 4 is 6.16 Å². The highest BCUT2D eigenvalue weighted by Gasteiger charge is 2.29. The Balaban J connectivity index is 0. The van der Waals surface area contributed by atoms with E-state index in [9.17, 15) is 0 Å². The maximum Gasteiger partial charge on any atom is 0.503 e. The molecule has 0 fully saturated rings. The van der Waals surface area contributed by atoms with Gasteiger partial charge in [-0.25, -0.2) is 4.79 Å². The molecule has 0 unspecified atom stereocenters. The largest absolute Gasteiger partial charge is 0.503 e. The fourth-order valence-electron chi connectivity index (χ4n) is 0.671. The van der Waals surface area contributed by atoms with Crippen LogP contribution in [0.2, 0.25) is 0 Å². The molecule has 0 amide bonds. The van der Waals surface area contributed by atoms with Crippen LogP contribution in [0.25, 0.3) is 0 Å². The number of carbonyl (C=O) groups is 1. The third-order valence-electron chi connectivity index (χ3n) is 1.51. The van der Waals surface area contributed by atoms with Crippen LogP contribution in [0.15, 0.2) is 0 Å². The van der Waals surface area contributed by atoms with E-state index in [2.05, 4.69) is 0 Å². The van der Waals surface area contributed by atoms with Gasteiger partial charge in [-0.1, -0.05) is 0 Å². The first-order valence-corrected chi connectivity index (χ1v) is 4.13. The summed E-state index contributed by atoms with van der Waals surface area (Å²) in [7, 11) is 0. The molecule has 9 nitrogen and oxygen atoms in total. The molecule has 0 saturated carbocycles. The highest BCUT2D eigenvalue weighted by Crippen LogP contribution is 2.03. The zero-order chi connectivity index (χ0) is 13.3. The molecule has 98 valence electrons. The first-order valence-electron chi connectivity index (χ1n) is 4.13. The molecule has 0 saturated heterocycles. The smallest absolute Gasteiger partial charge is 0.450 e. The highest BCUT2D eigenvalue weighted by molar-refractivity contribution is 5.53. The molecule has 4 atom stereocenters. The van der Waals surface area contributed by atoms with Crippen molar-refractivity contribution < 1.29 is 45.6 Å². The fraction of sp³-hybridized carbons (Fsp3) is 0.857. The molecule has 9 heteroatoms. The summed E-state index contributed by atoms with van der Waals surface area (Å²) in [4.78, 5) is 8.56. The Bertz CT molecular complexity index is 167. The number of hydrogen-bond acceptors (Lipinski definition) is 7. The Morgan fingerprint density at radius 3 is 1.12 bits per heavy atom. The molecule has 0 aliphatic heterocycles. The maximum atomic E-state index is 8.96. The molecule has 0 aliphatic rings. The van der Waals surface area contributed by atoms with Crippen molar-refractivity contribution in [1.29, 1.82) is 0 Å². The normalized spacial score (nSPS) is 17.6. The minimum absolute atomic E-state index is 0.726. The van der Waals surface area contributed by atoms with E-state index in [1.807, 2.05) is 0 Å². The van der Waals surface area contributed by atoms with Crippen molar-refractivity contribution in [3.8, 4) is 0 Å². The van der Waals surface area contributed by atoms with E-state index in [4.69, 9.17) is 45.6 Å². The summed E-state index contributed by atoms with van der Waals surface area (Å²) >= 11 is 0. The van der Waals surface area contributed by atoms with E-state index >= 15 is 0 Å². The van der Waals surface area contributed by atoms with E-state index in [-0.39, 0.29) is 0 Å². The molecule has 0 aromatic heterocycles. The first kappa shape index (κ1) is 17.4. The summed E-state index contributed by atoms with van der Waals surface area (Å²) in [6.45, 7) is -1.45. The van der Waals surface area contributed by atoms with Gasteiger partial charge in [-0.2, -0.15) is 0 Å². The molecule has 0 aromatic carbocycles. The summed E-state index contributed by atoms with van der Waals surface area (Å²) in [6.07, 6.45) is -8.23. The second-order valence-electron chi connectivity index (χ2n) is 2.76. The van der Waals surface area contributed by atoms with Gasteiger partial charge in [0.2, 0.25) is 0 Å². The lowest BCUT2D eigenvalue weighted by Crippen LogP contribution is -2.46. The summed E-state index contributed by atoms with van der Waals surface area (Å²) in [5.74, 6) is 0. The van der Waals surface area contributed by atoms with Gasteiger partial charge in [-0.05, 0) is 0 Å². The van der Waals surface area contributed by atoms with Crippen LogP contribution >= 0.6 is 0 Å². The minimum atomic E-state index is -1.83. The van der Waals surface area contributed by atoms with Gasteiger partial charge in [0, 0.05) is 0 Å². The van der Waals surface area contributed by atoms with E-state index in [1.165, 1.54) is 0 Å². The van der Waals surface area contributed by atoms with Crippen LogP contribution in [-0.4, -0.2) is 84.6 Å². The van der Waals surface area contributed by atoms with Crippen molar-refractivity contribution in [1.82, 2.24) is 0 Å². The lowest BCUT2D eigenvalue weighted by atomic mass is 10.0. The number of rotatable bonds is 5. The molecule has 0 heterocycles. The van der Waals surface area contributed by atoms with Gasteiger partial charge in [0.25, 0.3) is 0 Å². The van der Waals surface area contributed by atoms with Crippen LogP contribution in [0.4, 0.5) is 4.79 Å². The topological polar surface area (TPSA) is 179 Å². The average molecular weight is 244 g/mol. The van der Waals surface area contributed by atoms with Crippen LogP contribution in [0.1, 0.15) is 0 Å². The molecule has 0 bridgehead atoms. The second kappa shape index (κ2) is 9.27. The van der Waals surface area contributed by atoms with Gasteiger partial charge in [0.1, 0.15) is 24.4 Å². The second-order valence-corrected chi connectivity index (χ2v) is 2.76. The van der Waals surface area contributed by atoms with Crippen molar-refractivity contribution in [2.45, 2.75) is 24.4 Å². The standard InChI is InChI=1S/C6H14O6.CH2O3/c7-1-3(9)5(11)6(12)4(10)2-8;2-1(3)4/h3-12H,1-2H2;(H2,2,3,4)/t3-,4+,5-,6-;/m1./s1. The van der Waals surface area contributed by atoms with Gasteiger partial charge in [0.05, 0.1) is 13.2 Å². The first-order chi connectivity index (χ1) is 7.27. The van der Waals surface area contributed by atoms with Crippen molar-refractivity contribution in [2.24, 2.45) is 0 Å². The monoisotopic (exact) mass is 244 g/mol. The summed E-state index contributed by atoms with van der Waals surface area (Å²) in [5, 5.41) is 66.1. The Labute approximate surface area is 90.5 Å². The lowest BCUT2D eigenvalue weighted by molar-refractivity contribution is -0.123. The Kier molecular flexibility index (Phi) is 10.1. The molecular formula is C7H16O9. The third kappa shape index (κ3) is 8.35. The third-order valence-corrected chi connectivity index (χ3v) is 1.51. The van der Waals surface area contributed by atoms with Gasteiger partial charge in [-0.3, -0.25) is 0 Å². The van der Waals surface area contributed by atoms with E-state index in [0.29, 0.717) is 0 Å². The van der Waals surface area contributed by atoms with Crippen LogP contribution in [0, 0.1) is 0 Å². The van der Waals surface area contributed by atoms with Crippen LogP contribution in [-0.2, 0) is 0 Å². The molecule has 0 aliphatic carbocycles. The van der Waals surface area contributed by atoms with Gasteiger partial charge >= 0.3 is 6.16 Å². The Hall–Kier alpha value is -0.970. The van der Waals surface area contributed by atoms with Crippen LogP contribution in [0.3, 0.4) is 0 Å². The maximum absolute atomic E-state index is 8.96. The van der Waals surface area contributed by atoms with E-state index < -0.39 is 43.8 Å². The number of hydrogen-bond donors (Lipinski definition) is 8. The Morgan fingerprint density at radius 1 is 0.812 bits per heavy atom. The fourth-order valence-corrected chi connectivity index (χ4v) is 0.671. The quantitative estimate of drug-likeness (QED) is 0.245. The van der Waals surface area contributed by atoms with Gasteiger partial charge < -0.3 is 40.9 Å². The average Bonchev–Trinajstić information content (AvgIpc) is 2.24. The minimum Gasteiger partial charge on any atom is -0.450 e. The summed E-state index contributed by atoms with van der Waals surface area (Å²) < 4.78 is 0. The zero-order valence-corrected chi connectivity index (χ0v) is 8.21. The van der Waals surface area contributed by atoms with Crippen LogP contribution in [0.5, 0.6) is 0 Å². The lowest BCUT2D eigenvalue weighted by Gasteiger charge is -2.24. The predicted molar refractivity (Wildman–Crippen MR) is 48.9 cm³/mol. The number of aliphatic hydroxyl groups excluding tert-OH is 6. The predicted octanol–water partition coefficient (Wildman–Crippen LogP) is -3.36. The molecule has 0 spiro atoms. The van der Waals surface area contributed by atoms with Crippen LogP contribution < -0.4 is 0 Å². The van der Waals surface area contributed by atoms with Crippen molar-refractivity contribution in [2.75, 3.05) is 13.2 Å². The molecular weight excluding hydrogens is 228 g/mol. The zero-order valence-electron chi connectivity index (χ0n) is 8.21. The van der Waals surface area contributed by atoms with E-state index in [1.54, 1.807) is 0 Å². The van der Waals surface area contributed by atoms with Gasteiger partial charge in [0.15, 0.2) is 0 Å². The van der Waals surface area contributed by atoms with Crippen molar-refractivity contribution in [3.63, 3.8) is 0 Å². The highest BCUT2D eigenvalue weighted by atomic mass is 16.6. The Morgan fingerprint density at radius 2 is 1.00 bits per heavy atom. The van der Waals surface area contributed by atoms with E-state index in [0.717, 1.165) is 0 Å². The summed E-state index contributed by atoms with van der Waals surface area (Å²) in [6, 6.07) is 0. The molecule has 0 rings (SSSR count). The molecule has 8 N–H and O–H groups in total.